The van der Waals surface area contributed by atoms with Gasteiger partial charge in [0, 0.05) is 36.6 Å². The summed E-state index contributed by atoms with van der Waals surface area (Å²) >= 11 is 6.73. The normalized spacial score (nSPS) is 15.3. The monoisotopic (exact) mass is 539 g/mol. The Hall–Kier alpha value is -2.95. The van der Waals surface area contributed by atoms with E-state index in [1.807, 2.05) is 6.07 Å². The number of aryl methyl sites for hydroxylation is 1. The van der Waals surface area contributed by atoms with Crippen LogP contribution in [-0.4, -0.2) is 29.7 Å². The van der Waals surface area contributed by atoms with Crippen LogP contribution >= 0.6 is 11.6 Å². The Morgan fingerprint density at radius 3 is 2.73 bits per heavy atom. The van der Waals surface area contributed by atoms with E-state index in [2.05, 4.69) is 10.0 Å². The van der Waals surface area contributed by atoms with E-state index >= 15 is 0 Å². The number of fused-ring (bicyclic) bond motifs is 3. The third kappa shape index (κ3) is 6.14. The van der Waals surface area contributed by atoms with Gasteiger partial charge < -0.3 is 24.6 Å². The molecule has 1 aliphatic rings. The number of benzene rings is 2. The molecule has 0 saturated heterocycles. The summed E-state index contributed by atoms with van der Waals surface area (Å²) in [5.74, 6) is -0.225. The van der Waals surface area contributed by atoms with Crippen molar-refractivity contribution in [2.75, 3.05) is 13.1 Å². The van der Waals surface area contributed by atoms with E-state index < -0.39 is 11.7 Å². The summed E-state index contributed by atoms with van der Waals surface area (Å²) in [5.41, 5.74) is 9.19. The number of aromatic nitrogens is 1. The highest BCUT2D eigenvalue weighted by Crippen LogP contribution is 2.44. The zero-order chi connectivity index (χ0) is 26.7. The lowest BCUT2D eigenvalue weighted by atomic mass is 10.0. The van der Waals surface area contributed by atoms with Crippen LogP contribution in [0.1, 0.15) is 49.4 Å². The van der Waals surface area contributed by atoms with Gasteiger partial charge in [-0.05, 0) is 56.2 Å². The zero-order valence-electron chi connectivity index (χ0n) is 20.5. The SMILES string of the molecule is CC(C)Oc1ccc(COc2ccc3c(c2)c(Cl)c2n3CC[C@@H]2CC(=O)ONCCN)cc1C(F)(F)F. The third-order valence-corrected chi connectivity index (χ3v) is 6.46. The molecule has 4 rings (SSSR count). The van der Waals surface area contributed by atoms with Gasteiger partial charge in [-0.2, -0.15) is 18.7 Å². The van der Waals surface area contributed by atoms with Crippen LogP contribution < -0.4 is 20.7 Å². The minimum absolute atomic E-state index is 0.0635. The number of nitrogens with two attached hydrogens (primary N) is 1. The maximum atomic E-state index is 13.6. The van der Waals surface area contributed by atoms with Gasteiger partial charge in [0.1, 0.15) is 18.1 Å². The van der Waals surface area contributed by atoms with Crippen LogP contribution in [0.25, 0.3) is 10.9 Å². The highest BCUT2D eigenvalue weighted by Gasteiger charge is 2.35. The smallest absolute Gasteiger partial charge is 0.419 e. The maximum absolute atomic E-state index is 13.6. The van der Waals surface area contributed by atoms with Crippen LogP contribution in [0.4, 0.5) is 13.2 Å². The van der Waals surface area contributed by atoms with E-state index in [0.29, 0.717) is 36.0 Å². The number of alkyl halides is 3. The zero-order valence-corrected chi connectivity index (χ0v) is 21.3. The molecular weight excluding hydrogens is 511 g/mol. The largest absolute Gasteiger partial charge is 0.490 e. The second-order valence-corrected chi connectivity index (χ2v) is 9.54. The van der Waals surface area contributed by atoms with E-state index in [9.17, 15) is 18.0 Å². The minimum Gasteiger partial charge on any atom is -0.490 e. The van der Waals surface area contributed by atoms with Gasteiger partial charge in [-0.25, -0.2) is 0 Å². The van der Waals surface area contributed by atoms with E-state index in [1.165, 1.54) is 6.07 Å². The lowest BCUT2D eigenvalue weighted by molar-refractivity contribution is -0.151. The van der Waals surface area contributed by atoms with Crippen LogP contribution in [0.2, 0.25) is 5.02 Å². The van der Waals surface area contributed by atoms with E-state index in [4.69, 9.17) is 31.6 Å². The number of hydrogen-bond acceptors (Lipinski definition) is 6. The van der Waals surface area contributed by atoms with Crippen LogP contribution in [0, 0.1) is 0 Å². The second-order valence-electron chi connectivity index (χ2n) is 9.16. The average Bonchev–Trinajstić information content (AvgIpc) is 3.36. The van der Waals surface area contributed by atoms with Gasteiger partial charge in [0.25, 0.3) is 0 Å². The molecule has 0 saturated carbocycles. The molecule has 0 unspecified atom stereocenters. The fraction of sp³-hybridized carbons (Fsp3) is 0.423. The lowest BCUT2D eigenvalue weighted by Crippen LogP contribution is -2.26. The van der Waals surface area contributed by atoms with Crippen LogP contribution in [0.5, 0.6) is 11.5 Å². The molecule has 1 atom stereocenters. The first-order valence-corrected chi connectivity index (χ1v) is 12.4. The van der Waals surface area contributed by atoms with Gasteiger partial charge in [0.2, 0.25) is 0 Å². The molecule has 0 amide bonds. The van der Waals surface area contributed by atoms with Crippen molar-refractivity contribution in [3.63, 3.8) is 0 Å². The topological polar surface area (TPSA) is 87.7 Å². The van der Waals surface area contributed by atoms with Crippen molar-refractivity contribution in [1.29, 1.82) is 0 Å². The van der Waals surface area contributed by atoms with Crippen LogP contribution in [0.15, 0.2) is 36.4 Å². The number of carbonyl (C=O) groups is 1. The first-order chi connectivity index (χ1) is 17.6. The first-order valence-electron chi connectivity index (χ1n) is 12.0. The Bertz CT molecular complexity index is 1280. The van der Waals surface area contributed by atoms with Crippen LogP contribution in [0.3, 0.4) is 0 Å². The van der Waals surface area contributed by atoms with Gasteiger partial charge in [-0.1, -0.05) is 17.7 Å². The Kier molecular flexibility index (Phi) is 8.20. The summed E-state index contributed by atoms with van der Waals surface area (Å²) in [6, 6.07) is 9.30. The molecule has 0 spiro atoms. The van der Waals surface area contributed by atoms with Crippen molar-refractivity contribution in [1.82, 2.24) is 10.0 Å². The number of hydroxylamine groups is 1. The Balaban J connectivity index is 1.50. The summed E-state index contributed by atoms with van der Waals surface area (Å²) in [6.45, 7) is 4.70. The molecule has 11 heteroatoms. The molecule has 1 aliphatic heterocycles. The number of hydrogen-bond donors (Lipinski definition) is 2. The van der Waals surface area contributed by atoms with Crippen molar-refractivity contribution in [3.05, 3.63) is 58.2 Å². The second kappa shape index (κ2) is 11.2. The third-order valence-electron chi connectivity index (χ3n) is 6.06. The van der Waals surface area contributed by atoms with E-state index in [1.54, 1.807) is 32.0 Å². The highest BCUT2D eigenvalue weighted by molar-refractivity contribution is 6.36. The maximum Gasteiger partial charge on any atom is 0.419 e. The number of carbonyl (C=O) groups excluding carboxylic acids is 1. The lowest BCUT2D eigenvalue weighted by Gasteiger charge is -2.17. The molecule has 3 N–H and O–H groups in total. The molecule has 0 fully saturated rings. The summed E-state index contributed by atoms with van der Waals surface area (Å²) in [7, 11) is 0. The Labute approximate surface area is 217 Å². The molecule has 3 aromatic rings. The Morgan fingerprint density at radius 2 is 2.03 bits per heavy atom. The van der Waals surface area contributed by atoms with Crippen molar-refractivity contribution in [2.24, 2.45) is 5.73 Å². The summed E-state index contributed by atoms with van der Waals surface area (Å²) in [4.78, 5) is 17.2. The number of rotatable bonds is 10. The quantitative estimate of drug-likeness (QED) is 0.259. The van der Waals surface area contributed by atoms with Gasteiger partial charge in [0.05, 0.1) is 28.6 Å². The van der Waals surface area contributed by atoms with Crippen molar-refractivity contribution >= 4 is 28.5 Å². The van der Waals surface area contributed by atoms with Gasteiger partial charge >= 0.3 is 12.1 Å². The molecule has 0 aliphatic carbocycles. The first kappa shape index (κ1) is 27.1. The highest BCUT2D eigenvalue weighted by atomic mass is 35.5. The standard InChI is InChI=1S/C26H29ClF3N3O4/c1-15(2)36-22-6-3-16(11-20(22)26(28,29)30)14-35-18-4-5-21-19(13-18)24(27)25-17(7-10-33(21)25)12-23(34)37-32-9-8-31/h3-6,11,13,15,17,32H,7-10,12,14,31H2,1-2H3/t17-/m1/s1. The molecular formula is C26H29ClF3N3O4. The molecule has 2 heterocycles. The number of nitrogens with zero attached hydrogens (tertiary/aromatic N) is 1. The van der Waals surface area contributed by atoms with Crippen LogP contribution in [-0.2, 0) is 29.0 Å². The fourth-order valence-electron chi connectivity index (χ4n) is 4.51. The molecule has 1 aromatic heterocycles. The molecule has 7 nitrogen and oxygen atoms in total. The average molecular weight is 540 g/mol. The summed E-state index contributed by atoms with van der Waals surface area (Å²) in [6.07, 6.45) is -4.01. The number of nitrogens with one attached hydrogen (secondary N) is 1. The van der Waals surface area contributed by atoms with Gasteiger partial charge in [-0.3, -0.25) is 4.79 Å². The molecule has 0 bridgehead atoms. The predicted octanol–water partition coefficient (Wildman–Crippen LogP) is 5.56. The Morgan fingerprint density at radius 1 is 1.24 bits per heavy atom. The van der Waals surface area contributed by atoms with E-state index in [0.717, 1.165) is 29.1 Å². The number of halogens is 4. The fourth-order valence-corrected chi connectivity index (χ4v) is 4.92. The van der Waals surface area contributed by atoms with E-state index in [-0.39, 0.29) is 36.8 Å². The van der Waals surface area contributed by atoms with Crippen molar-refractivity contribution in [3.8, 4) is 11.5 Å². The molecule has 2 aromatic carbocycles. The minimum atomic E-state index is -4.55. The number of ether oxygens (including phenoxy) is 2. The summed E-state index contributed by atoms with van der Waals surface area (Å²) in [5, 5.41) is 1.28. The van der Waals surface area contributed by atoms with Gasteiger partial charge in [-0.15, -0.1) is 0 Å². The van der Waals surface area contributed by atoms with Crippen molar-refractivity contribution < 1.29 is 32.3 Å². The van der Waals surface area contributed by atoms with Crippen molar-refractivity contribution in [2.45, 2.75) is 58.0 Å². The molecule has 37 heavy (non-hydrogen) atoms. The molecule has 0 radical (unpaired) electrons. The van der Waals surface area contributed by atoms with Gasteiger partial charge in [0.15, 0.2) is 0 Å². The summed E-state index contributed by atoms with van der Waals surface area (Å²) < 4.78 is 53.9. The predicted molar refractivity (Wildman–Crippen MR) is 134 cm³/mol. The molecule has 200 valence electrons.